The molecule has 1 aromatic carbocycles. The van der Waals surface area contributed by atoms with Gasteiger partial charge in [0.1, 0.15) is 0 Å². The number of aromatic nitrogens is 1. The van der Waals surface area contributed by atoms with Crippen LogP contribution in [-0.2, 0) is 0 Å². The van der Waals surface area contributed by atoms with Crippen molar-refractivity contribution in [3.8, 4) is 5.88 Å². The van der Waals surface area contributed by atoms with E-state index in [4.69, 9.17) is 4.74 Å². The van der Waals surface area contributed by atoms with E-state index in [0.717, 1.165) is 22.3 Å². The number of hydrogen-bond donors (Lipinski definition) is 0. The van der Waals surface area contributed by atoms with Crippen molar-refractivity contribution in [2.75, 3.05) is 7.11 Å². The third-order valence-corrected chi connectivity index (χ3v) is 4.09. The summed E-state index contributed by atoms with van der Waals surface area (Å²) < 4.78 is 5.21. The van der Waals surface area contributed by atoms with Crippen molar-refractivity contribution in [2.45, 2.75) is 20.8 Å². The van der Waals surface area contributed by atoms with E-state index in [2.05, 4.69) is 67.9 Å². The molecule has 1 aromatic heterocycles. The lowest BCUT2D eigenvalue weighted by atomic mass is 9.94. The summed E-state index contributed by atoms with van der Waals surface area (Å²) in [5.41, 5.74) is 6.72. The highest BCUT2D eigenvalue weighted by atomic mass is 16.5. The quantitative estimate of drug-likeness (QED) is 0.597. The van der Waals surface area contributed by atoms with Crippen molar-refractivity contribution < 1.29 is 4.74 Å². The average Bonchev–Trinajstić information content (AvgIpc) is 2.66. The van der Waals surface area contributed by atoms with Crippen LogP contribution in [0.2, 0.25) is 0 Å². The molecule has 0 aliphatic rings. The molecule has 25 heavy (non-hydrogen) atoms. The molecule has 0 bridgehead atoms. The van der Waals surface area contributed by atoms with Gasteiger partial charge < -0.3 is 4.74 Å². The summed E-state index contributed by atoms with van der Waals surface area (Å²) in [6, 6.07) is 14.3. The first kappa shape index (κ1) is 18.5. The maximum atomic E-state index is 5.21. The molecule has 0 fully saturated rings. The number of hydrogen-bond acceptors (Lipinski definition) is 2. The van der Waals surface area contributed by atoms with Crippen LogP contribution in [0.1, 0.15) is 31.9 Å². The molecule has 2 heteroatoms. The molecule has 0 unspecified atom stereocenters. The Morgan fingerprint density at radius 3 is 2.44 bits per heavy atom. The fraction of sp³-hybridized carbons (Fsp3) is 0.174. The van der Waals surface area contributed by atoms with Gasteiger partial charge in [0, 0.05) is 12.3 Å². The van der Waals surface area contributed by atoms with Gasteiger partial charge in [-0.25, -0.2) is 4.98 Å². The first-order valence-corrected chi connectivity index (χ1v) is 8.33. The highest BCUT2D eigenvalue weighted by Gasteiger charge is 2.06. The third-order valence-electron chi connectivity index (χ3n) is 4.09. The molecule has 0 aliphatic carbocycles. The van der Waals surface area contributed by atoms with E-state index < -0.39 is 0 Å². The van der Waals surface area contributed by atoms with Crippen LogP contribution in [0.15, 0.2) is 84.6 Å². The van der Waals surface area contributed by atoms with Crippen molar-refractivity contribution in [2.24, 2.45) is 0 Å². The molecule has 0 aliphatic heterocycles. The van der Waals surface area contributed by atoms with Gasteiger partial charge in [0.05, 0.1) is 7.11 Å². The fourth-order valence-corrected chi connectivity index (χ4v) is 2.61. The van der Waals surface area contributed by atoms with Crippen molar-refractivity contribution in [3.05, 3.63) is 95.7 Å². The predicted octanol–water partition coefficient (Wildman–Crippen LogP) is 6.10. The number of allylic oxidation sites excluding steroid dienone is 7. The molecule has 2 nitrogen and oxygen atoms in total. The van der Waals surface area contributed by atoms with Crippen LogP contribution >= 0.6 is 0 Å². The highest BCUT2D eigenvalue weighted by molar-refractivity contribution is 5.81. The van der Waals surface area contributed by atoms with E-state index in [1.807, 2.05) is 25.1 Å². The van der Waals surface area contributed by atoms with E-state index in [9.17, 15) is 0 Å². The van der Waals surface area contributed by atoms with Crippen molar-refractivity contribution in [1.29, 1.82) is 0 Å². The fourth-order valence-electron chi connectivity index (χ4n) is 2.61. The second-order valence-corrected chi connectivity index (χ2v) is 5.84. The molecule has 0 saturated carbocycles. The molecule has 2 rings (SSSR count). The Morgan fingerprint density at radius 2 is 1.80 bits per heavy atom. The lowest BCUT2D eigenvalue weighted by molar-refractivity contribution is 0.398. The molecule has 128 valence electrons. The van der Waals surface area contributed by atoms with Gasteiger partial charge in [-0.2, -0.15) is 0 Å². The molecule has 0 N–H and O–H groups in total. The lowest BCUT2D eigenvalue weighted by Gasteiger charge is -2.11. The Labute approximate surface area is 150 Å². The lowest BCUT2D eigenvalue weighted by Crippen LogP contribution is -1.91. The standard InChI is InChI=1S/C23H25NO/c1-6-10-22(20-11-8-7-9-12-20)19(4)17(2)15-18(3)21-13-14-24-23(16-21)25-5/h6-16H,2H2,1,3-5H3/b10-6-,18-15+,22-19+. The zero-order chi connectivity index (χ0) is 18.2. The van der Waals surface area contributed by atoms with Crippen LogP contribution in [0.5, 0.6) is 5.88 Å². The van der Waals surface area contributed by atoms with E-state index in [0.29, 0.717) is 5.88 Å². The maximum Gasteiger partial charge on any atom is 0.213 e. The molecule has 1 heterocycles. The SMILES string of the molecule is C=C(/C=C(\C)c1ccnc(OC)c1)/C(C)=C(\C=C/C)c1ccccc1. The van der Waals surface area contributed by atoms with Gasteiger partial charge in [0.25, 0.3) is 0 Å². The van der Waals surface area contributed by atoms with Crippen LogP contribution in [0, 0.1) is 0 Å². The minimum absolute atomic E-state index is 0.613. The number of nitrogens with zero attached hydrogens (tertiary/aromatic N) is 1. The molecule has 0 radical (unpaired) electrons. The van der Waals surface area contributed by atoms with E-state index in [1.165, 1.54) is 11.1 Å². The summed E-state index contributed by atoms with van der Waals surface area (Å²) in [5.74, 6) is 0.613. The van der Waals surface area contributed by atoms with Gasteiger partial charge in [-0.15, -0.1) is 0 Å². The summed E-state index contributed by atoms with van der Waals surface area (Å²) in [6.45, 7) is 10.5. The smallest absolute Gasteiger partial charge is 0.213 e. The van der Waals surface area contributed by atoms with Crippen LogP contribution in [0.4, 0.5) is 0 Å². The Balaban J connectivity index is 2.39. The minimum Gasteiger partial charge on any atom is -0.481 e. The van der Waals surface area contributed by atoms with Crippen LogP contribution in [0.3, 0.4) is 0 Å². The number of methoxy groups -OCH3 is 1. The number of rotatable bonds is 6. The van der Waals surface area contributed by atoms with Gasteiger partial charge >= 0.3 is 0 Å². The maximum absolute atomic E-state index is 5.21. The molecule has 0 spiro atoms. The first-order chi connectivity index (χ1) is 12.1. The normalized spacial score (nSPS) is 12.9. The third kappa shape index (κ3) is 4.80. The summed E-state index contributed by atoms with van der Waals surface area (Å²) >= 11 is 0. The predicted molar refractivity (Wildman–Crippen MR) is 107 cm³/mol. The summed E-state index contributed by atoms with van der Waals surface area (Å²) in [5, 5.41) is 0. The Bertz CT molecular complexity index is 826. The largest absolute Gasteiger partial charge is 0.481 e. The van der Waals surface area contributed by atoms with Gasteiger partial charge in [0.15, 0.2) is 0 Å². The van der Waals surface area contributed by atoms with E-state index in [1.54, 1.807) is 13.3 Å². The first-order valence-electron chi connectivity index (χ1n) is 8.33. The number of benzene rings is 1. The Morgan fingerprint density at radius 1 is 1.08 bits per heavy atom. The van der Waals surface area contributed by atoms with Gasteiger partial charge in [-0.1, -0.05) is 55.1 Å². The molecule has 2 aromatic rings. The monoisotopic (exact) mass is 331 g/mol. The second kappa shape index (κ2) is 8.84. The number of ether oxygens (including phenoxy) is 1. The van der Waals surface area contributed by atoms with Gasteiger partial charge in [0.2, 0.25) is 5.88 Å². The topological polar surface area (TPSA) is 22.1 Å². The van der Waals surface area contributed by atoms with E-state index in [-0.39, 0.29) is 0 Å². The van der Waals surface area contributed by atoms with E-state index >= 15 is 0 Å². The highest BCUT2D eigenvalue weighted by Crippen LogP contribution is 2.27. The molecular weight excluding hydrogens is 306 g/mol. The van der Waals surface area contributed by atoms with Crippen LogP contribution in [-0.4, -0.2) is 12.1 Å². The van der Waals surface area contributed by atoms with Gasteiger partial charge in [-0.3, -0.25) is 0 Å². The molecule has 0 atom stereocenters. The van der Waals surface area contributed by atoms with Gasteiger partial charge in [-0.05, 0) is 60.3 Å². The average molecular weight is 331 g/mol. The molecule has 0 amide bonds. The van der Waals surface area contributed by atoms with Crippen molar-refractivity contribution >= 4 is 11.1 Å². The summed E-state index contributed by atoms with van der Waals surface area (Å²) in [7, 11) is 1.63. The summed E-state index contributed by atoms with van der Waals surface area (Å²) in [4.78, 5) is 4.16. The minimum atomic E-state index is 0.613. The van der Waals surface area contributed by atoms with Crippen LogP contribution in [0.25, 0.3) is 11.1 Å². The second-order valence-electron chi connectivity index (χ2n) is 5.84. The molecule has 0 saturated heterocycles. The van der Waals surface area contributed by atoms with Crippen molar-refractivity contribution in [3.63, 3.8) is 0 Å². The molecular formula is C23H25NO. The summed E-state index contributed by atoms with van der Waals surface area (Å²) in [6.07, 6.45) is 8.06. The number of pyridine rings is 1. The van der Waals surface area contributed by atoms with Crippen LogP contribution < -0.4 is 4.74 Å². The zero-order valence-corrected chi connectivity index (χ0v) is 15.4. The van der Waals surface area contributed by atoms with Crippen molar-refractivity contribution in [1.82, 2.24) is 4.98 Å². The zero-order valence-electron chi connectivity index (χ0n) is 15.4. The Kier molecular flexibility index (Phi) is 6.53. The Hall–Kier alpha value is -2.87.